The van der Waals surface area contributed by atoms with Crippen LogP contribution >= 0.6 is 0 Å². The maximum atomic E-state index is 13.1. The molecule has 0 aliphatic rings. The van der Waals surface area contributed by atoms with Crippen LogP contribution in [0.25, 0.3) is 0 Å². The van der Waals surface area contributed by atoms with Gasteiger partial charge < -0.3 is 5.32 Å². The summed E-state index contributed by atoms with van der Waals surface area (Å²) in [5, 5.41) is 2.25. The van der Waals surface area contributed by atoms with Crippen LogP contribution in [0.5, 0.6) is 0 Å². The molecule has 0 heterocycles. The molecule has 1 aromatic carbocycles. The Morgan fingerprint density at radius 2 is 1.94 bits per heavy atom. The lowest BCUT2D eigenvalue weighted by Crippen LogP contribution is -2.39. The van der Waals surface area contributed by atoms with E-state index in [0.29, 0.717) is 4.31 Å². The van der Waals surface area contributed by atoms with E-state index in [9.17, 15) is 22.0 Å². The van der Waals surface area contributed by atoms with Gasteiger partial charge in [-0.25, -0.2) is 17.2 Å². The van der Waals surface area contributed by atoms with Crippen LogP contribution in [0.2, 0.25) is 0 Å². The van der Waals surface area contributed by atoms with Crippen molar-refractivity contribution in [3.05, 3.63) is 29.8 Å². The summed E-state index contributed by atoms with van der Waals surface area (Å²) in [6, 6.07) is 2.61. The third kappa shape index (κ3) is 3.39. The van der Waals surface area contributed by atoms with E-state index < -0.39 is 34.1 Å². The van der Waals surface area contributed by atoms with Crippen LogP contribution in [-0.2, 0) is 14.8 Å². The zero-order valence-electron chi connectivity index (χ0n) is 9.78. The molecule has 0 fully saturated rings. The molecule has 0 aliphatic carbocycles. The van der Waals surface area contributed by atoms with E-state index in [1.807, 2.05) is 0 Å². The highest BCUT2D eigenvalue weighted by molar-refractivity contribution is 7.92. The Balaban J connectivity index is 3.18. The molecule has 100 valence electrons. The number of nitrogens with zero attached hydrogens (tertiary/aromatic N) is 1. The maximum Gasteiger partial charge on any atom is 0.240 e. The van der Waals surface area contributed by atoms with Crippen LogP contribution in [0.15, 0.2) is 18.2 Å². The fraction of sp³-hybridized carbons (Fsp3) is 0.300. The van der Waals surface area contributed by atoms with E-state index in [0.717, 1.165) is 24.5 Å². The standard InChI is InChI=1S/C10H12F2N2O3S/c1-13-10(15)6-14(18(2,16)17)7-3-4-8(11)9(12)5-7/h3-5H,6H2,1-2H3,(H,13,15). The number of carbonyl (C=O) groups excluding carboxylic acids is 1. The van der Waals surface area contributed by atoms with Gasteiger partial charge in [0.15, 0.2) is 11.6 Å². The first-order valence-corrected chi connectivity index (χ1v) is 6.74. The van der Waals surface area contributed by atoms with Crippen molar-refractivity contribution in [2.45, 2.75) is 0 Å². The zero-order valence-corrected chi connectivity index (χ0v) is 10.6. The molecule has 0 saturated heterocycles. The van der Waals surface area contributed by atoms with Crippen molar-refractivity contribution in [3.8, 4) is 0 Å². The first-order valence-electron chi connectivity index (χ1n) is 4.89. The lowest BCUT2D eigenvalue weighted by Gasteiger charge is -2.21. The Hall–Kier alpha value is -1.70. The summed E-state index contributed by atoms with van der Waals surface area (Å²) in [5.41, 5.74) is -0.111. The summed E-state index contributed by atoms with van der Waals surface area (Å²) in [5.74, 6) is -2.84. The minimum absolute atomic E-state index is 0.111. The van der Waals surface area contributed by atoms with Crippen molar-refractivity contribution in [2.24, 2.45) is 0 Å². The number of benzene rings is 1. The van der Waals surface area contributed by atoms with Gasteiger partial charge >= 0.3 is 0 Å². The highest BCUT2D eigenvalue weighted by atomic mass is 32.2. The number of hydrogen-bond donors (Lipinski definition) is 1. The zero-order chi connectivity index (χ0) is 13.9. The summed E-state index contributed by atoms with van der Waals surface area (Å²) in [7, 11) is -2.43. The summed E-state index contributed by atoms with van der Waals surface area (Å²) in [6.45, 7) is -0.500. The van der Waals surface area contributed by atoms with Gasteiger partial charge in [-0.3, -0.25) is 9.10 Å². The number of nitrogens with one attached hydrogen (secondary N) is 1. The smallest absolute Gasteiger partial charge is 0.240 e. The van der Waals surface area contributed by atoms with Crippen molar-refractivity contribution in [2.75, 3.05) is 24.2 Å². The number of hydrogen-bond acceptors (Lipinski definition) is 3. The van der Waals surface area contributed by atoms with E-state index in [1.54, 1.807) is 0 Å². The quantitative estimate of drug-likeness (QED) is 0.871. The number of carbonyl (C=O) groups is 1. The Morgan fingerprint density at radius 1 is 1.33 bits per heavy atom. The van der Waals surface area contributed by atoms with Gasteiger partial charge in [-0.15, -0.1) is 0 Å². The van der Waals surface area contributed by atoms with E-state index >= 15 is 0 Å². The van der Waals surface area contributed by atoms with Crippen molar-refractivity contribution >= 4 is 21.6 Å². The second kappa shape index (κ2) is 5.30. The molecule has 1 amide bonds. The van der Waals surface area contributed by atoms with Crippen LogP contribution in [0, 0.1) is 11.6 Å². The largest absolute Gasteiger partial charge is 0.358 e. The predicted octanol–water partition coefficient (Wildman–Crippen LogP) is 0.477. The van der Waals surface area contributed by atoms with E-state index in [1.165, 1.54) is 7.05 Å². The molecular weight excluding hydrogens is 266 g/mol. The molecule has 0 atom stereocenters. The molecule has 0 aromatic heterocycles. The topological polar surface area (TPSA) is 66.5 Å². The molecule has 1 rings (SSSR count). The Kier molecular flexibility index (Phi) is 4.23. The predicted molar refractivity (Wildman–Crippen MR) is 62.6 cm³/mol. The van der Waals surface area contributed by atoms with Crippen LogP contribution in [0.3, 0.4) is 0 Å². The van der Waals surface area contributed by atoms with Gasteiger partial charge in [0.2, 0.25) is 15.9 Å². The molecule has 0 spiro atoms. The van der Waals surface area contributed by atoms with E-state index in [2.05, 4.69) is 5.32 Å². The first kappa shape index (κ1) is 14.4. The third-order valence-electron chi connectivity index (χ3n) is 2.16. The lowest BCUT2D eigenvalue weighted by atomic mass is 10.3. The van der Waals surface area contributed by atoms with Crippen LogP contribution in [-0.4, -0.2) is 34.2 Å². The average molecular weight is 278 g/mol. The maximum absolute atomic E-state index is 13.1. The van der Waals surface area contributed by atoms with Gasteiger partial charge in [-0.05, 0) is 12.1 Å². The number of halogens is 2. The van der Waals surface area contributed by atoms with Gasteiger partial charge in [0, 0.05) is 13.1 Å². The third-order valence-corrected chi connectivity index (χ3v) is 3.30. The molecular formula is C10H12F2N2O3S. The summed E-state index contributed by atoms with van der Waals surface area (Å²) >= 11 is 0. The van der Waals surface area contributed by atoms with Gasteiger partial charge in [0.25, 0.3) is 0 Å². The summed E-state index contributed by atoms with van der Waals surface area (Å²) < 4.78 is 49.5. The molecule has 5 nitrogen and oxygen atoms in total. The molecule has 0 radical (unpaired) electrons. The Bertz CT molecular complexity index is 560. The number of likely N-dealkylation sites (N-methyl/N-ethyl adjacent to an activating group) is 1. The Labute approximate surface area is 103 Å². The van der Waals surface area contributed by atoms with Crippen molar-refractivity contribution in [1.82, 2.24) is 5.32 Å². The fourth-order valence-electron chi connectivity index (χ4n) is 1.25. The van der Waals surface area contributed by atoms with Gasteiger partial charge in [0.1, 0.15) is 6.54 Å². The molecule has 1 N–H and O–H groups in total. The summed E-state index contributed by atoms with van der Waals surface area (Å²) in [6.07, 6.45) is 0.872. The van der Waals surface area contributed by atoms with Gasteiger partial charge in [-0.1, -0.05) is 0 Å². The fourth-order valence-corrected chi connectivity index (χ4v) is 2.10. The number of amides is 1. The van der Waals surface area contributed by atoms with Crippen molar-refractivity contribution < 1.29 is 22.0 Å². The Morgan fingerprint density at radius 3 is 2.39 bits per heavy atom. The molecule has 0 aliphatic heterocycles. The molecule has 18 heavy (non-hydrogen) atoms. The highest BCUT2D eigenvalue weighted by Crippen LogP contribution is 2.20. The van der Waals surface area contributed by atoms with Crippen molar-refractivity contribution in [1.29, 1.82) is 0 Å². The normalized spacial score (nSPS) is 11.1. The lowest BCUT2D eigenvalue weighted by molar-refractivity contribution is -0.119. The minimum atomic E-state index is -3.77. The number of sulfonamides is 1. The molecule has 0 bridgehead atoms. The molecule has 8 heteroatoms. The minimum Gasteiger partial charge on any atom is -0.358 e. The number of anilines is 1. The average Bonchev–Trinajstić information content (AvgIpc) is 2.28. The van der Waals surface area contributed by atoms with Gasteiger partial charge in [0.05, 0.1) is 11.9 Å². The first-order chi connectivity index (χ1) is 8.25. The SMILES string of the molecule is CNC(=O)CN(c1ccc(F)c(F)c1)S(C)(=O)=O. The highest BCUT2D eigenvalue weighted by Gasteiger charge is 2.21. The second-order valence-corrected chi connectivity index (χ2v) is 5.45. The van der Waals surface area contributed by atoms with E-state index in [-0.39, 0.29) is 5.69 Å². The van der Waals surface area contributed by atoms with Crippen molar-refractivity contribution in [3.63, 3.8) is 0 Å². The molecule has 1 aromatic rings. The monoisotopic (exact) mass is 278 g/mol. The number of rotatable bonds is 4. The molecule has 0 unspecified atom stereocenters. The van der Waals surface area contributed by atoms with Crippen LogP contribution in [0.1, 0.15) is 0 Å². The van der Waals surface area contributed by atoms with Gasteiger partial charge in [-0.2, -0.15) is 0 Å². The second-order valence-electron chi connectivity index (χ2n) is 3.54. The summed E-state index contributed by atoms with van der Waals surface area (Å²) in [4.78, 5) is 11.2. The van der Waals surface area contributed by atoms with Crippen LogP contribution in [0.4, 0.5) is 14.5 Å². The van der Waals surface area contributed by atoms with Crippen LogP contribution < -0.4 is 9.62 Å². The molecule has 0 saturated carbocycles. The van der Waals surface area contributed by atoms with E-state index in [4.69, 9.17) is 0 Å².